The fourth-order valence-corrected chi connectivity index (χ4v) is 2.11. The number of nitrogens with zero attached hydrogens (tertiary/aromatic N) is 2. The number of nitrogens with one attached hydrogen (secondary N) is 1. The van der Waals surface area contributed by atoms with Crippen molar-refractivity contribution in [3.05, 3.63) is 57.5 Å². The van der Waals surface area contributed by atoms with Crippen molar-refractivity contribution in [1.82, 2.24) is 15.0 Å². The maximum Gasteiger partial charge on any atom is 0.254 e. The Morgan fingerprint density at radius 2 is 2.17 bits per heavy atom. The molecule has 0 saturated heterocycles. The highest BCUT2D eigenvalue weighted by Gasteiger charge is 2.11. The largest absolute Gasteiger partial charge is 0.310 e. The second-order valence-corrected chi connectivity index (χ2v) is 4.70. The molecule has 2 aromatic heterocycles. The molecule has 4 nitrogen and oxygen atoms in total. The van der Waals surface area contributed by atoms with Gasteiger partial charge in [-0.3, -0.25) is 9.78 Å². The molecule has 0 aromatic carbocycles. The summed E-state index contributed by atoms with van der Waals surface area (Å²) in [6.07, 6.45) is 4.11. The average molecular weight is 243 g/mol. The molecule has 18 heavy (non-hydrogen) atoms. The van der Waals surface area contributed by atoms with Crippen LogP contribution in [-0.2, 0) is 6.42 Å². The third kappa shape index (κ3) is 2.64. The van der Waals surface area contributed by atoms with Crippen LogP contribution < -0.4 is 5.56 Å². The molecule has 1 N–H and O–H groups in total. The highest BCUT2D eigenvalue weighted by molar-refractivity contribution is 5.22. The van der Waals surface area contributed by atoms with E-state index in [0.29, 0.717) is 12.2 Å². The molecule has 2 rings (SSSR count). The van der Waals surface area contributed by atoms with Gasteiger partial charge in [0.2, 0.25) is 0 Å². The number of hydrogen-bond acceptors (Lipinski definition) is 3. The first-order valence-corrected chi connectivity index (χ1v) is 6.06. The standard InChI is InChI=1S/C14H17N3O/c1-9(2)13-10(3)16-12(17-14(13)18)7-11-5-4-6-15-8-11/h4-6,8-9H,7H2,1-3H3,(H,16,17,18). The third-order valence-electron chi connectivity index (χ3n) is 2.87. The highest BCUT2D eigenvalue weighted by atomic mass is 16.1. The van der Waals surface area contributed by atoms with Crippen molar-refractivity contribution in [1.29, 1.82) is 0 Å². The molecule has 4 heteroatoms. The smallest absolute Gasteiger partial charge is 0.254 e. The topological polar surface area (TPSA) is 58.6 Å². The summed E-state index contributed by atoms with van der Waals surface area (Å²) < 4.78 is 0. The molecular formula is C14H17N3O. The van der Waals surface area contributed by atoms with Crippen molar-refractivity contribution in [2.24, 2.45) is 0 Å². The monoisotopic (exact) mass is 243 g/mol. The van der Waals surface area contributed by atoms with Crippen molar-refractivity contribution >= 4 is 0 Å². The van der Waals surface area contributed by atoms with Crippen LogP contribution in [0.1, 0.15) is 42.4 Å². The average Bonchev–Trinajstić information content (AvgIpc) is 2.28. The van der Waals surface area contributed by atoms with E-state index in [-0.39, 0.29) is 11.5 Å². The van der Waals surface area contributed by atoms with E-state index in [1.807, 2.05) is 32.9 Å². The predicted molar refractivity (Wildman–Crippen MR) is 70.7 cm³/mol. The van der Waals surface area contributed by atoms with Crippen LogP contribution in [0.3, 0.4) is 0 Å². The SMILES string of the molecule is Cc1nc(Cc2cccnc2)[nH]c(=O)c1C(C)C. The van der Waals surface area contributed by atoms with Gasteiger partial charge in [0.15, 0.2) is 0 Å². The van der Waals surface area contributed by atoms with Gasteiger partial charge in [-0.2, -0.15) is 0 Å². The van der Waals surface area contributed by atoms with Gasteiger partial charge in [0.05, 0.1) is 0 Å². The van der Waals surface area contributed by atoms with Crippen molar-refractivity contribution in [2.45, 2.75) is 33.1 Å². The van der Waals surface area contributed by atoms with E-state index in [4.69, 9.17) is 0 Å². The Hall–Kier alpha value is -1.97. The van der Waals surface area contributed by atoms with E-state index in [0.717, 1.165) is 16.8 Å². The predicted octanol–water partition coefficient (Wildman–Crippen LogP) is 2.19. The Kier molecular flexibility index (Phi) is 3.55. The summed E-state index contributed by atoms with van der Waals surface area (Å²) in [5.41, 5.74) is 2.59. The fourth-order valence-electron chi connectivity index (χ4n) is 2.11. The lowest BCUT2D eigenvalue weighted by atomic mass is 10.0. The summed E-state index contributed by atoms with van der Waals surface area (Å²) in [6.45, 7) is 5.89. The molecule has 2 aromatic rings. The van der Waals surface area contributed by atoms with Gasteiger partial charge in [0.1, 0.15) is 5.82 Å². The summed E-state index contributed by atoms with van der Waals surface area (Å²) in [7, 11) is 0. The Labute approximate surface area is 106 Å². The van der Waals surface area contributed by atoms with E-state index in [1.165, 1.54) is 0 Å². The van der Waals surface area contributed by atoms with Gasteiger partial charge in [-0.25, -0.2) is 4.98 Å². The Morgan fingerprint density at radius 3 is 2.72 bits per heavy atom. The summed E-state index contributed by atoms with van der Waals surface area (Å²) in [5.74, 6) is 0.878. The fraction of sp³-hybridized carbons (Fsp3) is 0.357. The summed E-state index contributed by atoms with van der Waals surface area (Å²) in [5, 5.41) is 0. The van der Waals surface area contributed by atoms with Gasteiger partial charge in [-0.05, 0) is 24.5 Å². The Balaban J connectivity index is 2.35. The lowest BCUT2D eigenvalue weighted by Gasteiger charge is -2.09. The molecule has 0 aliphatic heterocycles. The number of H-pyrrole nitrogens is 1. The summed E-state index contributed by atoms with van der Waals surface area (Å²) >= 11 is 0. The van der Waals surface area contributed by atoms with Crippen LogP contribution >= 0.6 is 0 Å². The minimum Gasteiger partial charge on any atom is -0.310 e. The maximum absolute atomic E-state index is 12.0. The number of pyridine rings is 1. The van der Waals surface area contributed by atoms with Gasteiger partial charge in [-0.1, -0.05) is 19.9 Å². The highest BCUT2D eigenvalue weighted by Crippen LogP contribution is 2.13. The van der Waals surface area contributed by atoms with Crippen LogP contribution in [0.15, 0.2) is 29.3 Å². The van der Waals surface area contributed by atoms with Gasteiger partial charge in [0.25, 0.3) is 5.56 Å². The van der Waals surface area contributed by atoms with Gasteiger partial charge >= 0.3 is 0 Å². The molecule has 0 spiro atoms. The van der Waals surface area contributed by atoms with E-state index in [1.54, 1.807) is 12.4 Å². The summed E-state index contributed by atoms with van der Waals surface area (Å²) in [4.78, 5) is 23.4. The zero-order valence-electron chi connectivity index (χ0n) is 10.9. The van der Waals surface area contributed by atoms with Crippen LogP contribution in [0.25, 0.3) is 0 Å². The zero-order valence-corrected chi connectivity index (χ0v) is 10.9. The minimum atomic E-state index is -0.0311. The normalized spacial score (nSPS) is 10.9. The van der Waals surface area contributed by atoms with Gasteiger partial charge < -0.3 is 4.98 Å². The molecule has 0 atom stereocenters. The zero-order chi connectivity index (χ0) is 13.1. The first kappa shape index (κ1) is 12.5. The number of aromatic amines is 1. The lowest BCUT2D eigenvalue weighted by Crippen LogP contribution is -2.20. The van der Waals surface area contributed by atoms with Crippen LogP contribution in [0.4, 0.5) is 0 Å². The van der Waals surface area contributed by atoms with E-state index >= 15 is 0 Å². The van der Waals surface area contributed by atoms with Crippen molar-refractivity contribution < 1.29 is 0 Å². The Morgan fingerprint density at radius 1 is 1.39 bits per heavy atom. The number of aromatic nitrogens is 3. The number of rotatable bonds is 3. The van der Waals surface area contributed by atoms with Crippen molar-refractivity contribution in [2.75, 3.05) is 0 Å². The third-order valence-corrected chi connectivity index (χ3v) is 2.87. The van der Waals surface area contributed by atoms with E-state index in [2.05, 4.69) is 15.0 Å². The summed E-state index contributed by atoms with van der Waals surface area (Å²) in [6, 6.07) is 3.85. The second kappa shape index (κ2) is 5.12. The number of hydrogen-bond donors (Lipinski definition) is 1. The van der Waals surface area contributed by atoms with E-state index < -0.39 is 0 Å². The van der Waals surface area contributed by atoms with Crippen molar-refractivity contribution in [3.8, 4) is 0 Å². The quantitative estimate of drug-likeness (QED) is 0.899. The molecule has 0 amide bonds. The molecule has 0 saturated carbocycles. The molecule has 94 valence electrons. The Bertz CT molecular complexity index is 588. The van der Waals surface area contributed by atoms with Crippen molar-refractivity contribution in [3.63, 3.8) is 0 Å². The first-order chi connectivity index (χ1) is 8.58. The molecule has 0 bridgehead atoms. The molecule has 0 aliphatic rings. The van der Waals surface area contributed by atoms with Crippen LogP contribution in [0.2, 0.25) is 0 Å². The van der Waals surface area contributed by atoms with E-state index in [9.17, 15) is 4.79 Å². The molecule has 0 fully saturated rings. The molecule has 2 heterocycles. The lowest BCUT2D eigenvalue weighted by molar-refractivity contribution is 0.791. The first-order valence-electron chi connectivity index (χ1n) is 6.06. The van der Waals surface area contributed by atoms with Crippen LogP contribution in [0.5, 0.6) is 0 Å². The van der Waals surface area contributed by atoms with Gasteiger partial charge in [-0.15, -0.1) is 0 Å². The molecule has 0 unspecified atom stereocenters. The second-order valence-electron chi connectivity index (χ2n) is 4.70. The maximum atomic E-state index is 12.0. The number of aryl methyl sites for hydroxylation is 1. The van der Waals surface area contributed by atoms with Gasteiger partial charge in [0, 0.05) is 30.1 Å². The molecular weight excluding hydrogens is 226 g/mol. The van der Waals surface area contributed by atoms with Crippen LogP contribution in [-0.4, -0.2) is 15.0 Å². The van der Waals surface area contributed by atoms with Crippen LogP contribution in [0, 0.1) is 6.92 Å². The minimum absolute atomic E-state index is 0.0311. The molecule has 0 radical (unpaired) electrons. The molecule has 0 aliphatic carbocycles.